The minimum absolute atomic E-state index is 1.09. The normalized spacial score (nSPS) is 11.8. The second kappa shape index (κ2) is 7.81. The van der Waals surface area contributed by atoms with Crippen LogP contribution < -0.4 is 5.32 Å². The summed E-state index contributed by atoms with van der Waals surface area (Å²) in [5, 5.41) is 11.4. The van der Waals surface area contributed by atoms with Gasteiger partial charge >= 0.3 is 0 Å². The number of hydrogen-bond acceptors (Lipinski definition) is 1. The highest BCUT2D eigenvalue weighted by molar-refractivity contribution is 6.16. The van der Waals surface area contributed by atoms with Gasteiger partial charge in [0.2, 0.25) is 0 Å². The van der Waals surface area contributed by atoms with Crippen LogP contribution in [-0.4, -0.2) is 0 Å². The van der Waals surface area contributed by atoms with Crippen molar-refractivity contribution in [2.75, 3.05) is 5.32 Å². The third kappa shape index (κ3) is 3.18. The lowest BCUT2D eigenvalue weighted by atomic mass is 9.97. The van der Waals surface area contributed by atoms with Crippen molar-refractivity contribution in [1.29, 1.82) is 0 Å². The maximum atomic E-state index is 3.66. The van der Waals surface area contributed by atoms with Crippen molar-refractivity contribution < 1.29 is 0 Å². The molecule has 7 aromatic carbocycles. The fourth-order valence-electron chi connectivity index (χ4n) is 5.98. The van der Waals surface area contributed by atoms with E-state index in [0.717, 1.165) is 11.4 Å². The van der Waals surface area contributed by atoms with E-state index in [9.17, 15) is 0 Å². The predicted octanol–water partition coefficient (Wildman–Crippen LogP) is 10.2. The molecule has 0 saturated carbocycles. The van der Waals surface area contributed by atoms with Gasteiger partial charge in [0.15, 0.2) is 0 Å². The molecule has 172 valence electrons. The van der Waals surface area contributed by atoms with Crippen molar-refractivity contribution in [3.63, 3.8) is 0 Å². The summed E-state index contributed by atoms with van der Waals surface area (Å²) >= 11 is 0. The Bertz CT molecular complexity index is 2000. The Kier molecular flexibility index (Phi) is 4.29. The van der Waals surface area contributed by atoms with E-state index in [1.807, 2.05) is 0 Å². The molecule has 0 unspecified atom stereocenters. The Morgan fingerprint density at radius 3 is 1.86 bits per heavy atom. The first kappa shape index (κ1) is 20.3. The molecule has 1 nitrogen and oxygen atoms in total. The molecule has 1 aliphatic rings. The van der Waals surface area contributed by atoms with Crippen LogP contribution in [0.2, 0.25) is 0 Å². The van der Waals surface area contributed by atoms with Crippen molar-refractivity contribution in [2.45, 2.75) is 0 Å². The van der Waals surface area contributed by atoms with E-state index < -0.39 is 0 Å². The second-order valence-electron chi connectivity index (χ2n) is 9.90. The van der Waals surface area contributed by atoms with Crippen molar-refractivity contribution >= 4 is 43.7 Å². The van der Waals surface area contributed by atoms with Crippen LogP contribution in [-0.2, 0) is 0 Å². The zero-order valence-electron chi connectivity index (χ0n) is 20.2. The van der Waals surface area contributed by atoms with Gasteiger partial charge < -0.3 is 5.32 Å². The van der Waals surface area contributed by atoms with Crippen molar-refractivity contribution in [3.8, 4) is 33.4 Å². The molecule has 0 aliphatic heterocycles. The molecule has 0 atom stereocenters. The van der Waals surface area contributed by atoms with Gasteiger partial charge in [-0.2, -0.15) is 0 Å². The molecule has 1 aliphatic carbocycles. The van der Waals surface area contributed by atoms with Crippen molar-refractivity contribution in [2.24, 2.45) is 0 Å². The first-order chi connectivity index (χ1) is 18.3. The fraction of sp³-hybridized carbons (Fsp3) is 0. The molecule has 0 amide bonds. The summed E-state index contributed by atoms with van der Waals surface area (Å²) in [6.07, 6.45) is 0. The van der Waals surface area contributed by atoms with Gasteiger partial charge in [-0.25, -0.2) is 0 Å². The summed E-state index contributed by atoms with van der Waals surface area (Å²) in [4.78, 5) is 0. The van der Waals surface area contributed by atoms with E-state index in [-0.39, 0.29) is 0 Å². The van der Waals surface area contributed by atoms with E-state index in [1.165, 1.54) is 65.7 Å². The minimum Gasteiger partial charge on any atom is -0.355 e. The first-order valence-electron chi connectivity index (χ1n) is 12.8. The van der Waals surface area contributed by atoms with E-state index >= 15 is 0 Å². The third-order valence-electron chi connectivity index (χ3n) is 7.74. The molecule has 0 heterocycles. The highest BCUT2D eigenvalue weighted by Gasteiger charge is 2.21. The number of nitrogens with one attached hydrogen (secondary N) is 1. The van der Waals surface area contributed by atoms with Crippen LogP contribution in [0.5, 0.6) is 0 Å². The van der Waals surface area contributed by atoms with Crippen LogP contribution in [0.3, 0.4) is 0 Å². The third-order valence-corrected chi connectivity index (χ3v) is 7.74. The largest absolute Gasteiger partial charge is 0.355 e. The average Bonchev–Trinajstić information content (AvgIpc) is 3.28. The molecular weight excluding hydrogens is 446 g/mol. The Hall–Kier alpha value is -4.88. The Labute approximate surface area is 215 Å². The lowest BCUT2D eigenvalue weighted by molar-refractivity contribution is 1.56. The maximum absolute atomic E-state index is 3.66. The standard InChI is InChI=1S/C36H23N/c1-2-8-30-24(6-1)12-13-25-14-15-26(21-34(25)30)23-16-18-28(19-17-23)37-29-20-27-7-5-11-33-31-9-3-4-10-32(31)35(22-29)36(27)33/h1-22,37H. The van der Waals surface area contributed by atoms with Gasteiger partial charge in [0, 0.05) is 11.4 Å². The summed E-state index contributed by atoms with van der Waals surface area (Å²) in [5.74, 6) is 0. The Balaban J connectivity index is 1.15. The van der Waals surface area contributed by atoms with Crippen molar-refractivity contribution in [3.05, 3.63) is 133 Å². The number of rotatable bonds is 3. The quantitative estimate of drug-likeness (QED) is 0.254. The number of benzene rings is 7. The molecule has 0 aromatic heterocycles. The average molecular weight is 470 g/mol. The molecule has 0 spiro atoms. The van der Waals surface area contributed by atoms with Gasteiger partial charge in [0.1, 0.15) is 0 Å². The minimum atomic E-state index is 1.09. The first-order valence-corrected chi connectivity index (χ1v) is 12.8. The second-order valence-corrected chi connectivity index (χ2v) is 9.90. The topological polar surface area (TPSA) is 12.0 Å². The van der Waals surface area contributed by atoms with Crippen LogP contribution in [0.25, 0.3) is 65.7 Å². The molecule has 8 rings (SSSR count). The SMILES string of the molecule is c1ccc2c(c1)-c1cccc3cc(Nc4ccc(-c5ccc6ccc7ccccc7c6c5)cc4)cc-2c13. The Morgan fingerprint density at radius 2 is 1.00 bits per heavy atom. The van der Waals surface area contributed by atoms with Crippen LogP contribution in [0.1, 0.15) is 0 Å². The molecule has 1 heteroatoms. The summed E-state index contributed by atoms with van der Waals surface area (Å²) in [6.45, 7) is 0. The number of anilines is 2. The zero-order chi connectivity index (χ0) is 24.3. The lowest BCUT2D eigenvalue weighted by Crippen LogP contribution is -1.91. The lowest BCUT2D eigenvalue weighted by Gasteiger charge is -2.12. The highest BCUT2D eigenvalue weighted by Crippen LogP contribution is 2.48. The van der Waals surface area contributed by atoms with Gasteiger partial charge in [0.05, 0.1) is 0 Å². The van der Waals surface area contributed by atoms with Crippen LogP contribution in [0.15, 0.2) is 133 Å². The van der Waals surface area contributed by atoms with E-state index in [4.69, 9.17) is 0 Å². The highest BCUT2D eigenvalue weighted by atomic mass is 14.9. The van der Waals surface area contributed by atoms with Crippen molar-refractivity contribution in [1.82, 2.24) is 0 Å². The molecule has 0 radical (unpaired) electrons. The summed E-state index contributed by atoms with van der Waals surface area (Å²) in [6, 6.07) is 48.5. The molecule has 37 heavy (non-hydrogen) atoms. The summed E-state index contributed by atoms with van der Waals surface area (Å²) in [5.41, 5.74) is 9.94. The van der Waals surface area contributed by atoms with E-state index in [0.29, 0.717) is 0 Å². The smallest absolute Gasteiger partial charge is 0.0396 e. The molecule has 0 fully saturated rings. The molecule has 1 N–H and O–H groups in total. The maximum Gasteiger partial charge on any atom is 0.0396 e. The Morgan fingerprint density at radius 1 is 0.351 bits per heavy atom. The number of hydrogen-bond donors (Lipinski definition) is 1. The summed E-state index contributed by atoms with van der Waals surface area (Å²) in [7, 11) is 0. The monoisotopic (exact) mass is 469 g/mol. The van der Waals surface area contributed by atoms with Gasteiger partial charge in [-0.3, -0.25) is 0 Å². The zero-order valence-corrected chi connectivity index (χ0v) is 20.2. The molecular formula is C36H23N. The molecule has 0 saturated heterocycles. The van der Waals surface area contributed by atoms with Gasteiger partial charge in [-0.15, -0.1) is 0 Å². The molecule has 7 aromatic rings. The van der Waals surface area contributed by atoms with Gasteiger partial charge in [-0.05, 0) is 96.0 Å². The van der Waals surface area contributed by atoms with Crippen LogP contribution in [0, 0.1) is 0 Å². The predicted molar refractivity (Wildman–Crippen MR) is 159 cm³/mol. The van der Waals surface area contributed by atoms with Crippen LogP contribution in [0.4, 0.5) is 11.4 Å². The van der Waals surface area contributed by atoms with Crippen LogP contribution >= 0.6 is 0 Å². The van der Waals surface area contributed by atoms with Gasteiger partial charge in [0.25, 0.3) is 0 Å². The molecule has 0 bridgehead atoms. The van der Waals surface area contributed by atoms with Gasteiger partial charge in [-0.1, -0.05) is 103 Å². The van der Waals surface area contributed by atoms with E-state index in [2.05, 4.69) is 139 Å². The fourth-order valence-corrected chi connectivity index (χ4v) is 5.98. The number of fused-ring (bicyclic) bond motifs is 6. The van der Waals surface area contributed by atoms with E-state index in [1.54, 1.807) is 0 Å². The summed E-state index contributed by atoms with van der Waals surface area (Å²) < 4.78 is 0.